The fraction of sp³-hybridized carbons (Fsp3) is 0.143. The highest BCUT2D eigenvalue weighted by atomic mass is 16.2. The number of anilines is 1. The minimum atomic E-state index is -0.686. The van der Waals surface area contributed by atoms with Crippen LogP contribution in [0.4, 0.5) is 5.69 Å². The molecule has 0 radical (unpaired) electrons. The number of nitrogens with two attached hydrogens (primary N) is 1. The minimum Gasteiger partial charge on any atom is -0.324 e. The molecular weight excluding hydrogens is 312 g/mol. The Kier molecular flexibility index (Phi) is 4.91. The van der Waals surface area contributed by atoms with Gasteiger partial charge in [-0.2, -0.15) is 0 Å². The van der Waals surface area contributed by atoms with E-state index in [0.29, 0.717) is 17.7 Å². The van der Waals surface area contributed by atoms with Crippen LogP contribution in [-0.2, 0) is 11.2 Å². The van der Waals surface area contributed by atoms with Gasteiger partial charge in [0, 0.05) is 5.56 Å². The predicted octanol–water partition coefficient (Wildman–Crippen LogP) is 3.55. The van der Waals surface area contributed by atoms with E-state index >= 15 is 0 Å². The highest BCUT2D eigenvalue weighted by molar-refractivity contribution is 6.14. The molecule has 0 spiro atoms. The molecule has 4 heteroatoms. The molecule has 1 atom stereocenters. The molecule has 0 heterocycles. The maximum absolute atomic E-state index is 12.5. The second-order valence-corrected chi connectivity index (χ2v) is 6.05. The molecule has 1 amide bonds. The SMILES string of the molecule is CC(=O)c1c(NC(=O)[C@@H](N)Cc2ccccc2)ccc2ccccc12. The molecule has 3 N–H and O–H groups in total. The molecule has 4 nitrogen and oxygen atoms in total. The summed E-state index contributed by atoms with van der Waals surface area (Å²) >= 11 is 0. The Morgan fingerprint density at radius 3 is 2.36 bits per heavy atom. The van der Waals surface area contributed by atoms with E-state index in [1.54, 1.807) is 6.07 Å². The first-order valence-corrected chi connectivity index (χ1v) is 8.19. The van der Waals surface area contributed by atoms with E-state index < -0.39 is 6.04 Å². The van der Waals surface area contributed by atoms with Gasteiger partial charge in [0.15, 0.2) is 5.78 Å². The van der Waals surface area contributed by atoms with Gasteiger partial charge in [0.25, 0.3) is 0 Å². The molecule has 0 fully saturated rings. The van der Waals surface area contributed by atoms with E-state index in [1.165, 1.54) is 6.92 Å². The molecule has 25 heavy (non-hydrogen) atoms. The van der Waals surface area contributed by atoms with Gasteiger partial charge >= 0.3 is 0 Å². The van der Waals surface area contributed by atoms with Crippen LogP contribution in [0.2, 0.25) is 0 Å². The number of ketones is 1. The average molecular weight is 332 g/mol. The normalized spacial score (nSPS) is 11.9. The van der Waals surface area contributed by atoms with Gasteiger partial charge in [0.2, 0.25) is 5.91 Å². The number of carbonyl (C=O) groups excluding carboxylic acids is 2. The van der Waals surface area contributed by atoms with Gasteiger partial charge in [-0.1, -0.05) is 60.7 Å². The molecule has 126 valence electrons. The summed E-state index contributed by atoms with van der Waals surface area (Å²) in [5.41, 5.74) is 8.05. The third-order valence-electron chi connectivity index (χ3n) is 4.17. The molecule has 3 aromatic rings. The van der Waals surface area contributed by atoms with Crippen LogP contribution in [0, 0.1) is 0 Å². The number of rotatable bonds is 5. The lowest BCUT2D eigenvalue weighted by Crippen LogP contribution is -2.37. The van der Waals surface area contributed by atoms with E-state index in [0.717, 1.165) is 16.3 Å². The van der Waals surface area contributed by atoms with Crippen molar-refractivity contribution in [1.82, 2.24) is 0 Å². The summed E-state index contributed by atoms with van der Waals surface area (Å²) in [6, 6.07) is 20.2. The number of Topliss-reactive ketones (excluding diaryl/α,β-unsaturated/α-hetero) is 1. The maximum Gasteiger partial charge on any atom is 0.241 e. The van der Waals surface area contributed by atoms with E-state index in [-0.39, 0.29) is 11.7 Å². The molecule has 3 aromatic carbocycles. The number of hydrogen-bond acceptors (Lipinski definition) is 3. The molecule has 0 saturated carbocycles. The minimum absolute atomic E-state index is 0.0938. The average Bonchev–Trinajstić information content (AvgIpc) is 2.62. The smallest absolute Gasteiger partial charge is 0.241 e. The first kappa shape index (κ1) is 16.9. The van der Waals surface area contributed by atoms with Gasteiger partial charge in [0.05, 0.1) is 11.7 Å². The van der Waals surface area contributed by atoms with Crippen LogP contribution in [0.3, 0.4) is 0 Å². The number of nitrogens with one attached hydrogen (secondary N) is 1. The summed E-state index contributed by atoms with van der Waals surface area (Å²) in [6.07, 6.45) is 0.440. The maximum atomic E-state index is 12.5. The molecule has 0 unspecified atom stereocenters. The molecule has 0 aliphatic heterocycles. The Bertz CT molecular complexity index is 920. The van der Waals surface area contributed by atoms with Crippen LogP contribution >= 0.6 is 0 Å². The summed E-state index contributed by atoms with van der Waals surface area (Å²) in [5.74, 6) is -0.398. The van der Waals surface area contributed by atoms with Crippen LogP contribution in [0.25, 0.3) is 10.8 Å². The highest BCUT2D eigenvalue weighted by Gasteiger charge is 2.18. The van der Waals surface area contributed by atoms with Crippen molar-refractivity contribution in [3.05, 3.63) is 77.9 Å². The predicted molar refractivity (Wildman–Crippen MR) is 101 cm³/mol. The molecule has 0 aliphatic carbocycles. The van der Waals surface area contributed by atoms with Crippen LogP contribution in [-0.4, -0.2) is 17.7 Å². The molecule has 0 aromatic heterocycles. The summed E-state index contributed by atoms with van der Waals surface area (Å²) in [4.78, 5) is 24.6. The van der Waals surface area contributed by atoms with E-state index in [9.17, 15) is 9.59 Å². The van der Waals surface area contributed by atoms with Crippen molar-refractivity contribution in [1.29, 1.82) is 0 Å². The fourth-order valence-electron chi connectivity index (χ4n) is 2.94. The van der Waals surface area contributed by atoms with Gasteiger partial charge in [-0.15, -0.1) is 0 Å². The van der Waals surface area contributed by atoms with Crippen molar-refractivity contribution < 1.29 is 9.59 Å². The van der Waals surface area contributed by atoms with Gasteiger partial charge in [-0.05, 0) is 35.7 Å². The largest absolute Gasteiger partial charge is 0.324 e. The lowest BCUT2D eigenvalue weighted by atomic mass is 9.99. The molecule has 0 bridgehead atoms. The topological polar surface area (TPSA) is 72.2 Å². The standard InChI is InChI=1S/C21H20N2O2/c1-14(24)20-17-10-6-5-9-16(17)11-12-19(20)23-21(25)18(22)13-15-7-3-2-4-8-15/h2-12,18H,13,22H2,1H3,(H,23,25)/t18-/m0/s1. The Hall–Kier alpha value is -2.98. The summed E-state index contributed by atoms with van der Waals surface area (Å²) in [6.45, 7) is 1.50. The fourth-order valence-corrected chi connectivity index (χ4v) is 2.94. The van der Waals surface area contributed by atoms with Crippen molar-refractivity contribution >= 4 is 28.2 Å². The Balaban J connectivity index is 1.85. The van der Waals surface area contributed by atoms with E-state index in [2.05, 4.69) is 5.32 Å². The zero-order valence-electron chi connectivity index (χ0n) is 14.0. The Morgan fingerprint density at radius 1 is 0.960 bits per heavy atom. The van der Waals surface area contributed by atoms with Crippen molar-refractivity contribution in [3.63, 3.8) is 0 Å². The van der Waals surface area contributed by atoms with Crippen LogP contribution in [0.5, 0.6) is 0 Å². The third-order valence-corrected chi connectivity index (χ3v) is 4.17. The highest BCUT2D eigenvalue weighted by Crippen LogP contribution is 2.27. The number of amides is 1. The van der Waals surface area contributed by atoms with Gasteiger partial charge in [-0.3, -0.25) is 9.59 Å². The zero-order chi connectivity index (χ0) is 17.8. The lowest BCUT2D eigenvalue weighted by molar-refractivity contribution is -0.117. The molecule has 0 aliphatic rings. The van der Waals surface area contributed by atoms with Crippen molar-refractivity contribution in [2.45, 2.75) is 19.4 Å². The van der Waals surface area contributed by atoms with Gasteiger partial charge in [-0.25, -0.2) is 0 Å². The number of benzene rings is 3. The van der Waals surface area contributed by atoms with E-state index in [4.69, 9.17) is 5.73 Å². The van der Waals surface area contributed by atoms with E-state index in [1.807, 2.05) is 60.7 Å². The number of carbonyl (C=O) groups is 2. The summed E-state index contributed by atoms with van der Waals surface area (Å²) in [5, 5.41) is 4.60. The van der Waals surface area contributed by atoms with Crippen molar-refractivity contribution in [2.24, 2.45) is 5.73 Å². The van der Waals surface area contributed by atoms with Crippen LogP contribution in [0.1, 0.15) is 22.8 Å². The third kappa shape index (κ3) is 3.75. The second kappa shape index (κ2) is 7.28. The van der Waals surface area contributed by atoms with Crippen molar-refractivity contribution in [3.8, 4) is 0 Å². The molecule has 3 rings (SSSR count). The molecule has 0 saturated heterocycles. The first-order valence-electron chi connectivity index (χ1n) is 8.19. The monoisotopic (exact) mass is 332 g/mol. The quantitative estimate of drug-likeness (QED) is 0.702. The lowest BCUT2D eigenvalue weighted by Gasteiger charge is -2.15. The van der Waals surface area contributed by atoms with Crippen molar-refractivity contribution in [2.75, 3.05) is 5.32 Å². The summed E-state index contributed by atoms with van der Waals surface area (Å²) in [7, 11) is 0. The van der Waals surface area contributed by atoms with Gasteiger partial charge < -0.3 is 11.1 Å². The Morgan fingerprint density at radius 2 is 1.64 bits per heavy atom. The second-order valence-electron chi connectivity index (χ2n) is 6.05. The summed E-state index contributed by atoms with van der Waals surface area (Å²) < 4.78 is 0. The number of hydrogen-bond donors (Lipinski definition) is 2. The van der Waals surface area contributed by atoms with Gasteiger partial charge in [0.1, 0.15) is 0 Å². The van der Waals surface area contributed by atoms with Crippen LogP contribution < -0.4 is 11.1 Å². The first-order chi connectivity index (χ1) is 12.1. The Labute approximate surface area is 146 Å². The number of fused-ring (bicyclic) bond motifs is 1. The molecular formula is C21H20N2O2. The zero-order valence-corrected chi connectivity index (χ0v) is 14.0. The van der Waals surface area contributed by atoms with Crippen LogP contribution in [0.15, 0.2) is 66.7 Å².